The van der Waals surface area contributed by atoms with Crippen molar-refractivity contribution in [1.29, 1.82) is 0 Å². The van der Waals surface area contributed by atoms with Gasteiger partial charge in [0.25, 0.3) is 0 Å². The number of carbonyl (C=O) groups is 2. The molecule has 2 aromatic carbocycles. The van der Waals surface area contributed by atoms with Crippen LogP contribution in [0.15, 0.2) is 53.4 Å². The summed E-state index contributed by atoms with van der Waals surface area (Å²) in [7, 11) is -4.09. The molecular formula is C22H25N5O5S2. The van der Waals surface area contributed by atoms with E-state index in [0.717, 1.165) is 11.7 Å². The molecule has 1 aliphatic rings. The molecule has 2 amide bonds. The largest absolute Gasteiger partial charge is 0.450 e. The number of fused-ring (bicyclic) bond motifs is 1. The molecule has 0 bridgehead atoms. The number of nitrogens with zero attached hydrogens (tertiary/aromatic N) is 3. The van der Waals surface area contributed by atoms with Crippen molar-refractivity contribution in [2.45, 2.75) is 36.7 Å². The summed E-state index contributed by atoms with van der Waals surface area (Å²) in [5, 5.41) is 2.94. The number of carbonyl (C=O) groups excluding carboxylic acids is 2. The minimum atomic E-state index is -4.09. The Hall–Kier alpha value is -3.09. The van der Waals surface area contributed by atoms with Crippen molar-refractivity contribution in [2.24, 2.45) is 0 Å². The molecule has 12 heteroatoms. The van der Waals surface area contributed by atoms with Crippen LogP contribution < -0.4 is 10.0 Å². The van der Waals surface area contributed by atoms with Crippen LogP contribution >= 0.6 is 11.7 Å². The smallest absolute Gasteiger partial charge is 0.409 e. The van der Waals surface area contributed by atoms with Gasteiger partial charge in [-0.1, -0.05) is 36.4 Å². The second kappa shape index (κ2) is 10.5. The van der Waals surface area contributed by atoms with E-state index in [2.05, 4.69) is 18.8 Å². The maximum Gasteiger partial charge on any atom is 0.409 e. The maximum absolute atomic E-state index is 13.3. The van der Waals surface area contributed by atoms with Crippen molar-refractivity contribution < 1.29 is 22.7 Å². The maximum atomic E-state index is 13.3. The Balaban J connectivity index is 1.52. The first-order valence-corrected chi connectivity index (χ1v) is 13.1. The molecule has 1 saturated heterocycles. The number of amides is 2. The third-order valence-corrected chi connectivity index (χ3v) is 7.57. The van der Waals surface area contributed by atoms with E-state index < -0.39 is 22.0 Å². The minimum Gasteiger partial charge on any atom is -0.450 e. The number of sulfonamides is 1. The molecule has 1 aliphatic heterocycles. The van der Waals surface area contributed by atoms with Crippen molar-refractivity contribution in [1.82, 2.24) is 23.7 Å². The van der Waals surface area contributed by atoms with E-state index in [1.807, 2.05) is 0 Å². The van der Waals surface area contributed by atoms with Gasteiger partial charge in [0.1, 0.15) is 22.0 Å². The highest BCUT2D eigenvalue weighted by Crippen LogP contribution is 2.24. The summed E-state index contributed by atoms with van der Waals surface area (Å²) < 4.78 is 42.4. The molecular weight excluding hydrogens is 478 g/mol. The summed E-state index contributed by atoms with van der Waals surface area (Å²) in [6.07, 6.45) is 0.721. The molecule has 0 unspecified atom stereocenters. The number of piperidine rings is 1. The molecule has 0 radical (unpaired) electrons. The van der Waals surface area contributed by atoms with Gasteiger partial charge in [-0.25, -0.2) is 13.2 Å². The standard InChI is InChI=1S/C22H25N5O5S2/c1-2-32-22(29)27-13-11-16(12-14-27)23-21(28)19(15-7-4-3-5-8-15)26-34(30,31)18-10-6-9-17-20(18)25-33-24-17/h3-10,16,19,26H,2,11-14H2,1H3,(H,23,28)/t19-/m0/s1. The van der Waals surface area contributed by atoms with Gasteiger partial charge in [0, 0.05) is 19.1 Å². The minimum absolute atomic E-state index is 0.0322. The van der Waals surface area contributed by atoms with Crippen molar-refractivity contribution >= 4 is 44.8 Å². The van der Waals surface area contributed by atoms with Crippen LogP contribution in [0.25, 0.3) is 11.0 Å². The summed E-state index contributed by atoms with van der Waals surface area (Å²) >= 11 is 0.925. The Morgan fingerprint density at radius 1 is 1.12 bits per heavy atom. The average Bonchev–Trinajstić information content (AvgIpc) is 3.32. The van der Waals surface area contributed by atoms with Crippen LogP contribution in [0.4, 0.5) is 4.79 Å². The molecule has 0 spiro atoms. The first-order valence-electron chi connectivity index (χ1n) is 10.9. The number of hydrogen-bond acceptors (Lipinski definition) is 8. The van der Waals surface area contributed by atoms with Gasteiger partial charge in [-0.15, -0.1) is 0 Å². The number of rotatable bonds is 7. The lowest BCUT2D eigenvalue weighted by molar-refractivity contribution is -0.123. The third-order valence-electron chi connectivity index (χ3n) is 5.57. The first kappa shape index (κ1) is 24.0. The van der Waals surface area contributed by atoms with Gasteiger partial charge in [-0.05, 0) is 37.5 Å². The van der Waals surface area contributed by atoms with Crippen LogP contribution in [0.2, 0.25) is 0 Å². The van der Waals surface area contributed by atoms with Crippen LogP contribution in [-0.4, -0.2) is 59.8 Å². The topological polar surface area (TPSA) is 131 Å². The van der Waals surface area contributed by atoms with E-state index in [4.69, 9.17) is 4.74 Å². The number of likely N-dealkylation sites (tertiary alicyclic amines) is 1. The highest BCUT2D eigenvalue weighted by molar-refractivity contribution is 7.89. The number of aromatic nitrogens is 2. The Morgan fingerprint density at radius 2 is 1.85 bits per heavy atom. The lowest BCUT2D eigenvalue weighted by Crippen LogP contribution is -2.49. The molecule has 1 aromatic heterocycles. The number of nitrogens with one attached hydrogen (secondary N) is 2. The zero-order valence-corrected chi connectivity index (χ0v) is 20.1. The van der Waals surface area contributed by atoms with E-state index in [9.17, 15) is 18.0 Å². The molecule has 10 nitrogen and oxygen atoms in total. The Labute approximate surface area is 201 Å². The zero-order valence-electron chi connectivity index (χ0n) is 18.5. The lowest BCUT2D eigenvalue weighted by atomic mass is 10.0. The average molecular weight is 504 g/mol. The van der Waals surface area contributed by atoms with Crippen molar-refractivity contribution in [3.8, 4) is 0 Å². The molecule has 0 aliphatic carbocycles. The Kier molecular flexibility index (Phi) is 7.39. The second-order valence-corrected chi connectivity index (χ2v) is 10.0. The predicted molar refractivity (Wildman–Crippen MR) is 127 cm³/mol. The van der Waals surface area contributed by atoms with E-state index in [1.54, 1.807) is 54.3 Å². The predicted octanol–water partition coefficient (Wildman–Crippen LogP) is 2.45. The number of benzene rings is 2. The zero-order chi connectivity index (χ0) is 24.1. The molecule has 3 aromatic rings. The fraction of sp³-hybridized carbons (Fsp3) is 0.364. The first-order chi connectivity index (χ1) is 16.4. The molecule has 1 atom stereocenters. The van der Waals surface area contributed by atoms with E-state index in [-0.39, 0.29) is 22.5 Å². The van der Waals surface area contributed by atoms with Crippen LogP contribution in [0.1, 0.15) is 31.4 Å². The van der Waals surface area contributed by atoms with Gasteiger partial charge in [-0.3, -0.25) is 4.79 Å². The number of ether oxygens (including phenoxy) is 1. The van der Waals surface area contributed by atoms with Crippen LogP contribution in [0, 0.1) is 0 Å². The van der Waals surface area contributed by atoms with Crippen molar-refractivity contribution in [3.63, 3.8) is 0 Å². The Bertz CT molecular complexity index is 1260. The van der Waals surface area contributed by atoms with Crippen molar-refractivity contribution in [3.05, 3.63) is 54.1 Å². The summed E-state index contributed by atoms with van der Waals surface area (Å²) in [4.78, 5) is 26.8. The SMILES string of the molecule is CCOC(=O)N1CCC(NC(=O)[C@@H](NS(=O)(=O)c2cccc3nsnc23)c2ccccc2)CC1. The molecule has 2 N–H and O–H groups in total. The molecule has 180 valence electrons. The molecule has 2 heterocycles. The van der Waals surface area contributed by atoms with Gasteiger partial charge in [0.05, 0.1) is 18.3 Å². The highest BCUT2D eigenvalue weighted by Gasteiger charge is 2.31. The van der Waals surface area contributed by atoms with Gasteiger partial charge < -0.3 is 15.0 Å². The highest BCUT2D eigenvalue weighted by atomic mass is 32.2. The summed E-state index contributed by atoms with van der Waals surface area (Å²) in [6, 6.07) is 12.0. The quantitative estimate of drug-likeness (QED) is 0.506. The molecule has 0 saturated carbocycles. The van der Waals surface area contributed by atoms with E-state index in [1.165, 1.54) is 6.07 Å². The Morgan fingerprint density at radius 3 is 2.56 bits per heavy atom. The normalized spacial score (nSPS) is 15.7. The van der Waals surface area contributed by atoms with Crippen LogP contribution in [0.3, 0.4) is 0 Å². The fourth-order valence-corrected chi connectivity index (χ4v) is 5.79. The summed E-state index contributed by atoms with van der Waals surface area (Å²) in [5.41, 5.74) is 1.25. The fourth-order valence-electron chi connectivity index (χ4n) is 3.84. The van der Waals surface area contributed by atoms with Crippen LogP contribution in [-0.2, 0) is 19.6 Å². The second-order valence-electron chi connectivity index (χ2n) is 7.82. The number of hydrogen-bond donors (Lipinski definition) is 2. The van der Waals surface area contributed by atoms with Crippen molar-refractivity contribution in [2.75, 3.05) is 19.7 Å². The van der Waals surface area contributed by atoms with Gasteiger partial charge in [0.15, 0.2) is 0 Å². The molecule has 34 heavy (non-hydrogen) atoms. The van der Waals surface area contributed by atoms with E-state index >= 15 is 0 Å². The van der Waals surface area contributed by atoms with Crippen LogP contribution in [0.5, 0.6) is 0 Å². The summed E-state index contributed by atoms with van der Waals surface area (Å²) in [6.45, 7) is 2.95. The van der Waals surface area contributed by atoms with Gasteiger partial charge >= 0.3 is 6.09 Å². The van der Waals surface area contributed by atoms with Gasteiger partial charge in [-0.2, -0.15) is 13.5 Å². The van der Waals surface area contributed by atoms with Gasteiger partial charge in [0.2, 0.25) is 15.9 Å². The summed E-state index contributed by atoms with van der Waals surface area (Å²) in [5.74, 6) is -0.465. The molecule has 4 rings (SSSR count). The third kappa shape index (κ3) is 5.34. The van der Waals surface area contributed by atoms with E-state index in [0.29, 0.717) is 43.6 Å². The monoisotopic (exact) mass is 503 g/mol. The lowest BCUT2D eigenvalue weighted by Gasteiger charge is -2.32. The molecule has 1 fully saturated rings.